The number of carboxylic acid groups (broad SMARTS) is 1. The summed E-state index contributed by atoms with van der Waals surface area (Å²) in [6.45, 7) is 1.92. The molecule has 0 spiro atoms. The molecule has 0 aromatic carbocycles. The highest BCUT2D eigenvalue weighted by Crippen LogP contribution is 2.26. The molecule has 0 aliphatic rings. The number of pyridine rings is 1. The van der Waals surface area contributed by atoms with Gasteiger partial charge in [-0.15, -0.1) is 0 Å². The first-order chi connectivity index (χ1) is 7.06. The third-order valence-electron chi connectivity index (χ3n) is 2.31. The molecule has 15 heavy (non-hydrogen) atoms. The summed E-state index contributed by atoms with van der Waals surface area (Å²) in [6.07, 6.45) is 2.31. The Labute approximate surface area is 93.9 Å². The summed E-state index contributed by atoms with van der Waals surface area (Å²) in [5, 5.41) is 8.17. The predicted octanol–water partition coefficient (Wildman–Crippen LogP) is 1.54. The van der Waals surface area contributed by atoms with E-state index in [0.29, 0.717) is 12.2 Å². The number of carbonyl (C=O) groups is 1. The molecular weight excluding hydrogens is 212 g/mol. The molecule has 3 N–H and O–H groups in total. The zero-order valence-corrected chi connectivity index (χ0v) is 9.32. The van der Waals surface area contributed by atoms with Crippen molar-refractivity contribution in [1.82, 2.24) is 4.98 Å². The minimum Gasteiger partial charge on any atom is -0.480 e. The van der Waals surface area contributed by atoms with Crippen molar-refractivity contribution in [3.05, 3.63) is 23.9 Å². The Hall–Kier alpha value is -1.23. The molecule has 1 aromatic rings. The van der Waals surface area contributed by atoms with Gasteiger partial charge in [0.15, 0.2) is 0 Å². The Bertz CT molecular complexity index is 340. The molecule has 0 aliphatic carbocycles. The fraction of sp³-hybridized carbons (Fsp3) is 0.400. The number of hydrogen-bond donors (Lipinski definition) is 3. The van der Waals surface area contributed by atoms with Crippen LogP contribution in [-0.4, -0.2) is 21.3 Å². The Balaban J connectivity index is 2.92. The molecule has 1 rings (SSSR count). The molecule has 1 aromatic heterocycles. The van der Waals surface area contributed by atoms with Crippen LogP contribution in [0, 0.1) is 0 Å². The van der Waals surface area contributed by atoms with Crippen LogP contribution in [0.25, 0.3) is 0 Å². The molecule has 4 nitrogen and oxygen atoms in total. The number of rotatable bonds is 4. The van der Waals surface area contributed by atoms with Crippen molar-refractivity contribution in [3.8, 4) is 0 Å². The lowest BCUT2D eigenvalue weighted by Crippen LogP contribution is -2.22. The number of nitrogen functional groups attached to an aromatic ring is 1. The SMILES string of the molecule is CCC(c1ccc(N)nc1)C(S)C(=O)O. The van der Waals surface area contributed by atoms with E-state index in [4.69, 9.17) is 10.8 Å². The van der Waals surface area contributed by atoms with Crippen LogP contribution in [0.15, 0.2) is 18.3 Å². The summed E-state index contributed by atoms with van der Waals surface area (Å²) in [5.41, 5.74) is 6.31. The number of carboxylic acids is 1. The molecular formula is C10H14N2O2S. The summed E-state index contributed by atoms with van der Waals surface area (Å²) in [7, 11) is 0. The van der Waals surface area contributed by atoms with Crippen molar-refractivity contribution in [2.75, 3.05) is 5.73 Å². The largest absolute Gasteiger partial charge is 0.480 e. The number of anilines is 1. The monoisotopic (exact) mass is 226 g/mol. The first-order valence-corrected chi connectivity index (χ1v) is 5.20. The van der Waals surface area contributed by atoms with Gasteiger partial charge in [-0.25, -0.2) is 4.98 Å². The summed E-state index contributed by atoms with van der Waals surface area (Å²) in [5.74, 6) is -0.624. The van der Waals surface area contributed by atoms with E-state index < -0.39 is 11.2 Å². The summed E-state index contributed by atoms with van der Waals surface area (Å²) in [4.78, 5) is 14.8. The van der Waals surface area contributed by atoms with Crippen LogP contribution in [-0.2, 0) is 4.79 Å². The van der Waals surface area contributed by atoms with Gasteiger partial charge in [0.05, 0.1) is 0 Å². The van der Waals surface area contributed by atoms with Crippen LogP contribution in [0.3, 0.4) is 0 Å². The Kier molecular flexibility index (Phi) is 3.96. The van der Waals surface area contributed by atoms with Crippen molar-refractivity contribution in [1.29, 1.82) is 0 Å². The average molecular weight is 226 g/mol. The van der Waals surface area contributed by atoms with Crippen molar-refractivity contribution < 1.29 is 9.90 Å². The van der Waals surface area contributed by atoms with E-state index in [0.717, 1.165) is 5.56 Å². The molecule has 2 atom stereocenters. The Morgan fingerprint density at radius 3 is 2.73 bits per heavy atom. The lowest BCUT2D eigenvalue weighted by atomic mass is 9.94. The molecule has 0 aliphatic heterocycles. The lowest BCUT2D eigenvalue weighted by Gasteiger charge is -2.18. The van der Waals surface area contributed by atoms with E-state index in [2.05, 4.69) is 17.6 Å². The third kappa shape index (κ3) is 2.86. The predicted molar refractivity (Wildman–Crippen MR) is 62.1 cm³/mol. The Morgan fingerprint density at radius 1 is 1.67 bits per heavy atom. The van der Waals surface area contributed by atoms with Gasteiger partial charge < -0.3 is 10.8 Å². The first kappa shape index (κ1) is 11.8. The summed E-state index contributed by atoms with van der Waals surface area (Å²) in [6, 6.07) is 3.46. The van der Waals surface area contributed by atoms with Gasteiger partial charge in [0.25, 0.3) is 0 Å². The fourth-order valence-electron chi connectivity index (χ4n) is 1.45. The van der Waals surface area contributed by atoms with Crippen LogP contribution < -0.4 is 5.73 Å². The van der Waals surface area contributed by atoms with E-state index in [9.17, 15) is 4.79 Å². The van der Waals surface area contributed by atoms with Gasteiger partial charge in [-0.05, 0) is 18.1 Å². The minimum atomic E-state index is -0.915. The van der Waals surface area contributed by atoms with Crippen molar-refractivity contribution in [3.63, 3.8) is 0 Å². The number of hydrogen-bond acceptors (Lipinski definition) is 4. The topological polar surface area (TPSA) is 76.2 Å². The van der Waals surface area contributed by atoms with Crippen LogP contribution in [0.2, 0.25) is 0 Å². The summed E-state index contributed by atoms with van der Waals surface area (Å²) < 4.78 is 0. The zero-order chi connectivity index (χ0) is 11.4. The molecule has 2 unspecified atom stereocenters. The molecule has 0 amide bonds. The van der Waals surface area contributed by atoms with Gasteiger partial charge >= 0.3 is 5.97 Å². The quantitative estimate of drug-likeness (QED) is 0.681. The van der Waals surface area contributed by atoms with Crippen molar-refractivity contribution in [2.24, 2.45) is 0 Å². The van der Waals surface area contributed by atoms with E-state index in [1.807, 2.05) is 6.92 Å². The highest BCUT2D eigenvalue weighted by atomic mass is 32.1. The number of nitrogens with zero attached hydrogens (tertiary/aromatic N) is 1. The maximum absolute atomic E-state index is 10.8. The lowest BCUT2D eigenvalue weighted by molar-refractivity contribution is -0.136. The second-order valence-electron chi connectivity index (χ2n) is 3.31. The van der Waals surface area contributed by atoms with Crippen LogP contribution >= 0.6 is 12.6 Å². The Morgan fingerprint density at radius 2 is 2.33 bits per heavy atom. The molecule has 0 bridgehead atoms. The molecule has 0 radical (unpaired) electrons. The number of aromatic nitrogens is 1. The second-order valence-corrected chi connectivity index (χ2v) is 3.87. The van der Waals surface area contributed by atoms with Crippen molar-refractivity contribution >= 4 is 24.4 Å². The highest BCUT2D eigenvalue weighted by molar-refractivity contribution is 7.81. The molecule has 5 heteroatoms. The van der Waals surface area contributed by atoms with Gasteiger partial charge in [-0.3, -0.25) is 4.79 Å². The van der Waals surface area contributed by atoms with Crippen LogP contribution in [0.4, 0.5) is 5.82 Å². The standard InChI is InChI=1S/C10H14N2O2S/c1-2-7(9(15)10(13)14)6-3-4-8(11)12-5-6/h3-5,7,9,15H,2H2,1H3,(H2,11,12)(H,13,14). The summed E-state index contributed by atoms with van der Waals surface area (Å²) >= 11 is 4.08. The smallest absolute Gasteiger partial charge is 0.316 e. The van der Waals surface area contributed by atoms with Crippen LogP contribution in [0.5, 0.6) is 0 Å². The van der Waals surface area contributed by atoms with Crippen LogP contribution in [0.1, 0.15) is 24.8 Å². The number of thiol groups is 1. The minimum absolute atomic E-state index is 0.140. The molecule has 0 fully saturated rings. The molecule has 1 heterocycles. The van der Waals surface area contributed by atoms with E-state index >= 15 is 0 Å². The highest BCUT2D eigenvalue weighted by Gasteiger charge is 2.24. The maximum Gasteiger partial charge on any atom is 0.316 e. The third-order valence-corrected chi connectivity index (χ3v) is 2.89. The van der Waals surface area contributed by atoms with Gasteiger partial charge in [0.2, 0.25) is 0 Å². The first-order valence-electron chi connectivity index (χ1n) is 4.68. The number of nitrogens with two attached hydrogens (primary N) is 1. The molecule has 0 saturated carbocycles. The van der Waals surface area contributed by atoms with Gasteiger partial charge in [-0.1, -0.05) is 13.0 Å². The average Bonchev–Trinajstić information content (AvgIpc) is 2.21. The van der Waals surface area contributed by atoms with E-state index in [1.54, 1.807) is 18.3 Å². The zero-order valence-electron chi connectivity index (χ0n) is 8.42. The van der Waals surface area contributed by atoms with E-state index in [-0.39, 0.29) is 5.92 Å². The fourth-order valence-corrected chi connectivity index (χ4v) is 1.83. The van der Waals surface area contributed by atoms with E-state index in [1.165, 1.54) is 0 Å². The second kappa shape index (κ2) is 5.02. The number of aliphatic carboxylic acids is 1. The van der Waals surface area contributed by atoms with Gasteiger partial charge in [-0.2, -0.15) is 12.6 Å². The normalized spacial score (nSPS) is 14.5. The van der Waals surface area contributed by atoms with Gasteiger partial charge in [0, 0.05) is 12.1 Å². The maximum atomic E-state index is 10.8. The molecule has 82 valence electrons. The van der Waals surface area contributed by atoms with Crippen molar-refractivity contribution in [2.45, 2.75) is 24.5 Å². The molecule has 0 saturated heterocycles. The van der Waals surface area contributed by atoms with Gasteiger partial charge in [0.1, 0.15) is 11.1 Å².